The largest absolute Gasteiger partial charge is 0.416 e. The third-order valence-corrected chi connectivity index (χ3v) is 4.59. The van der Waals surface area contributed by atoms with E-state index >= 15 is 0 Å². The molecule has 3 nitrogen and oxygen atoms in total. The van der Waals surface area contributed by atoms with Crippen LogP contribution in [0.15, 0.2) is 48.5 Å². The van der Waals surface area contributed by atoms with Crippen molar-refractivity contribution >= 4 is 5.91 Å². The summed E-state index contributed by atoms with van der Waals surface area (Å²) < 4.78 is 37.7. The molecule has 0 fully saturated rings. The van der Waals surface area contributed by atoms with E-state index < -0.39 is 11.7 Å². The highest BCUT2D eigenvalue weighted by molar-refractivity contribution is 5.94. The molecule has 0 bridgehead atoms. The Morgan fingerprint density at radius 1 is 1.12 bits per heavy atom. The second kappa shape index (κ2) is 6.88. The van der Waals surface area contributed by atoms with Crippen molar-refractivity contribution in [3.8, 4) is 0 Å². The Morgan fingerprint density at radius 3 is 2.40 bits per heavy atom. The number of hydrogen-bond donors (Lipinski definition) is 1. The average Bonchev–Trinajstić information content (AvgIpc) is 2.59. The lowest BCUT2D eigenvalue weighted by atomic mass is 9.94. The number of carbonyl (C=O) groups excluding carboxylic acids is 1. The number of nitrogens with one attached hydrogen (secondary N) is 1. The Morgan fingerprint density at radius 2 is 1.76 bits per heavy atom. The van der Waals surface area contributed by atoms with Crippen LogP contribution >= 0.6 is 0 Å². The van der Waals surface area contributed by atoms with E-state index in [0.29, 0.717) is 6.54 Å². The summed E-state index contributed by atoms with van der Waals surface area (Å²) in [5.41, 5.74) is 2.03. The van der Waals surface area contributed by atoms with Crippen molar-refractivity contribution in [2.24, 2.45) is 0 Å². The molecular formula is C19H19F3N2O. The van der Waals surface area contributed by atoms with E-state index in [1.54, 1.807) is 0 Å². The second-order valence-electron chi connectivity index (χ2n) is 6.33. The Labute approximate surface area is 144 Å². The highest BCUT2D eigenvalue weighted by Crippen LogP contribution is 2.29. The van der Waals surface area contributed by atoms with Gasteiger partial charge in [-0.15, -0.1) is 0 Å². The molecule has 0 saturated carbocycles. The lowest BCUT2D eigenvalue weighted by Crippen LogP contribution is -2.45. The Balaban J connectivity index is 1.61. The zero-order valence-electron chi connectivity index (χ0n) is 13.8. The molecule has 25 heavy (non-hydrogen) atoms. The van der Waals surface area contributed by atoms with Crippen molar-refractivity contribution in [1.82, 2.24) is 10.2 Å². The molecule has 2 aromatic rings. The third-order valence-electron chi connectivity index (χ3n) is 4.59. The van der Waals surface area contributed by atoms with E-state index in [2.05, 4.69) is 22.3 Å². The van der Waals surface area contributed by atoms with Crippen LogP contribution in [0, 0.1) is 0 Å². The topological polar surface area (TPSA) is 32.3 Å². The molecule has 0 radical (unpaired) electrons. The van der Waals surface area contributed by atoms with Crippen molar-refractivity contribution in [2.45, 2.75) is 25.2 Å². The predicted molar refractivity (Wildman–Crippen MR) is 89.2 cm³/mol. The second-order valence-corrected chi connectivity index (χ2v) is 6.33. The van der Waals surface area contributed by atoms with Crippen LogP contribution in [0.25, 0.3) is 0 Å². The summed E-state index contributed by atoms with van der Waals surface area (Å²) in [4.78, 5) is 14.4. The molecule has 1 aliphatic heterocycles. The fourth-order valence-electron chi connectivity index (χ4n) is 3.07. The van der Waals surface area contributed by atoms with Crippen LogP contribution in [0.5, 0.6) is 0 Å². The van der Waals surface area contributed by atoms with Crippen molar-refractivity contribution in [3.63, 3.8) is 0 Å². The van der Waals surface area contributed by atoms with E-state index in [0.717, 1.165) is 25.1 Å². The standard InChI is InChI=1S/C19H19F3N2O/c1-24-12-15-5-3-2-4-14(15)10-17(24)11-23-18(25)13-6-8-16(9-7-13)19(20,21)22/h2-9,17H,10-12H2,1H3,(H,23,25)/t17-/m1/s1. The first-order valence-electron chi connectivity index (χ1n) is 8.07. The normalized spacial score (nSPS) is 17.8. The van der Waals surface area contributed by atoms with Gasteiger partial charge in [0.05, 0.1) is 5.56 Å². The molecule has 0 aliphatic carbocycles. The maximum absolute atomic E-state index is 12.6. The van der Waals surface area contributed by atoms with E-state index in [1.165, 1.54) is 23.3 Å². The molecule has 1 amide bonds. The fraction of sp³-hybridized carbons (Fsp3) is 0.316. The van der Waals surface area contributed by atoms with Crippen LogP contribution in [-0.2, 0) is 19.1 Å². The molecule has 0 unspecified atom stereocenters. The SMILES string of the molecule is CN1Cc2ccccc2C[C@@H]1CNC(=O)c1ccc(C(F)(F)F)cc1. The van der Waals surface area contributed by atoms with E-state index in [4.69, 9.17) is 0 Å². The van der Waals surface area contributed by atoms with Crippen molar-refractivity contribution in [2.75, 3.05) is 13.6 Å². The van der Waals surface area contributed by atoms with Crippen LogP contribution in [0.2, 0.25) is 0 Å². The predicted octanol–water partition coefficient (Wildman–Crippen LogP) is 3.49. The first kappa shape index (κ1) is 17.5. The summed E-state index contributed by atoms with van der Waals surface area (Å²) in [6.07, 6.45) is -3.56. The number of hydrogen-bond acceptors (Lipinski definition) is 2. The molecular weight excluding hydrogens is 329 g/mol. The van der Waals surface area contributed by atoms with Gasteiger partial charge in [-0.05, 0) is 48.9 Å². The first-order valence-corrected chi connectivity index (χ1v) is 8.07. The van der Waals surface area contributed by atoms with Gasteiger partial charge >= 0.3 is 6.18 Å². The van der Waals surface area contributed by atoms with Crippen molar-refractivity contribution in [3.05, 3.63) is 70.8 Å². The molecule has 0 saturated heterocycles. The molecule has 1 N–H and O–H groups in total. The minimum atomic E-state index is -4.40. The Bertz CT molecular complexity index is 756. The summed E-state index contributed by atoms with van der Waals surface area (Å²) >= 11 is 0. The van der Waals surface area contributed by atoms with Gasteiger partial charge in [0, 0.05) is 24.7 Å². The number of fused-ring (bicyclic) bond motifs is 1. The summed E-state index contributed by atoms with van der Waals surface area (Å²) in [7, 11) is 2.00. The molecule has 132 valence electrons. The van der Waals surface area contributed by atoms with E-state index in [9.17, 15) is 18.0 Å². The van der Waals surface area contributed by atoms with E-state index in [1.807, 2.05) is 19.2 Å². The number of benzene rings is 2. The van der Waals surface area contributed by atoms with Gasteiger partial charge in [0.1, 0.15) is 0 Å². The number of alkyl halides is 3. The van der Waals surface area contributed by atoms with Gasteiger partial charge < -0.3 is 5.32 Å². The molecule has 3 rings (SSSR count). The van der Waals surface area contributed by atoms with Gasteiger partial charge in [-0.25, -0.2) is 0 Å². The average molecular weight is 348 g/mol. The zero-order chi connectivity index (χ0) is 18.0. The van der Waals surface area contributed by atoms with Crippen molar-refractivity contribution < 1.29 is 18.0 Å². The summed E-state index contributed by atoms with van der Waals surface area (Å²) in [6, 6.07) is 12.6. The quantitative estimate of drug-likeness (QED) is 0.921. The lowest BCUT2D eigenvalue weighted by molar-refractivity contribution is -0.137. The molecule has 1 heterocycles. The maximum Gasteiger partial charge on any atom is 0.416 e. The summed E-state index contributed by atoms with van der Waals surface area (Å²) in [5.74, 6) is -0.360. The number of rotatable bonds is 3. The lowest BCUT2D eigenvalue weighted by Gasteiger charge is -2.34. The van der Waals surface area contributed by atoms with Gasteiger partial charge in [-0.3, -0.25) is 9.69 Å². The zero-order valence-corrected chi connectivity index (χ0v) is 13.8. The number of amides is 1. The van der Waals surface area contributed by atoms with Crippen LogP contribution < -0.4 is 5.32 Å². The van der Waals surface area contributed by atoms with Gasteiger partial charge in [-0.2, -0.15) is 13.2 Å². The number of likely N-dealkylation sites (N-methyl/N-ethyl adjacent to an activating group) is 1. The first-order chi connectivity index (χ1) is 11.8. The van der Waals surface area contributed by atoms with Gasteiger partial charge in [0.2, 0.25) is 0 Å². The number of nitrogens with zero attached hydrogens (tertiary/aromatic N) is 1. The van der Waals surface area contributed by atoms with Gasteiger partial charge in [-0.1, -0.05) is 24.3 Å². The summed E-state index contributed by atoms with van der Waals surface area (Å²) in [6.45, 7) is 1.27. The fourth-order valence-corrected chi connectivity index (χ4v) is 3.07. The van der Waals surface area contributed by atoms with Crippen LogP contribution in [0.3, 0.4) is 0 Å². The molecule has 6 heteroatoms. The van der Waals surface area contributed by atoms with Gasteiger partial charge in [0.15, 0.2) is 0 Å². The molecule has 2 aromatic carbocycles. The smallest absolute Gasteiger partial charge is 0.350 e. The van der Waals surface area contributed by atoms with Crippen LogP contribution in [-0.4, -0.2) is 30.4 Å². The molecule has 0 aromatic heterocycles. The highest BCUT2D eigenvalue weighted by Gasteiger charge is 2.30. The minimum absolute atomic E-state index is 0.160. The van der Waals surface area contributed by atoms with E-state index in [-0.39, 0.29) is 17.5 Å². The Hall–Kier alpha value is -2.34. The van der Waals surface area contributed by atoms with Crippen LogP contribution in [0.1, 0.15) is 27.0 Å². The number of halogens is 3. The highest BCUT2D eigenvalue weighted by atomic mass is 19.4. The number of carbonyl (C=O) groups is 1. The Kier molecular flexibility index (Phi) is 4.81. The van der Waals surface area contributed by atoms with Crippen LogP contribution in [0.4, 0.5) is 13.2 Å². The molecule has 0 spiro atoms. The monoisotopic (exact) mass is 348 g/mol. The third kappa shape index (κ3) is 4.02. The van der Waals surface area contributed by atoms with Gasteiger partial charge in [0.25, 0.3) is 5.91 Å². The summed E-state index contributed by atoms with van der Waals surface area (Å²) in [5, 5.41) is 2.83. The molecule has 1 aliphatic rings. The minimum Gasteiger partial charge on any atom is -0.350 e. The maximum atomic E-state index is 12.6. The molecule has 1 atom stereocenters. The van der Waals surface area contributed by atoms with Crippen molar-refractivity contribution in [1.29, 1.82) is 0 Å².